The second kappa shape index (κ2) is 6.66. The molecule has 1 aliphatic heterocycles. The Balaban J connectivity index is 2.10. The molecule has 3 rings (SSSR count). The van der Waals surface area contributed by atoms with Crippen molar-refractivity contribution in [3.05, 3.63) is 52.0 Å². The molecule has 0 N–H and O–H groups in total. The van der Waals surface area contributed by atoms with E-state index >= 15 is 0 Å². The lowest BCUT2D eigenvalue weighted by Gasteiger charge is -2.35. The first-order chi connectivity index (χ1) is 11.5. The third-order valence-electron chi connectivity index (χ3n) is 4.26. The normalized spacial score (nSPS) is 16.2. The zero-order chi connectivity index (χ0) is 17.3. The fourth-order valence-corrected chi connectivity index (χ4v) is 3.58. The Hall–Kier alpha value is -2.32. The van der Waals surface area contributed by atoms with Crippen LogP contribution < -0.4 is 9.64 Å². The van der Waals surface area contributed by atoms with Gasteiger partial charge < -0.3 is 9.64 Å². The van der Waals surface area contributed by atoms with Gasteiger partial charge in [0, 0.05) is 18.5 Å². The molecular weight excluding hydrogens is 368 g/mol. The number of hydrogen-bond donors (Lipinski definition) is 0. The molecule has 0 fully saturated rings. The van der Waals surface area contributed by atoms with Crippen LogP contribution in [0, 0.1) is 11.3 Å². The highest BCUT2D eigenvalue weighted by molar-refractivity contribution is 9.10. The predicted octanol–water partition coefficient (Wildman–Crippen LogP) is 4.80. The number of benzene rings is 2. The van der Waals surface area contributed by atoms with E-state index in [1.807, 2.05) is 23.1 Å². The average molecular weight is 385 g/mol. The number of nitrogens with zero attached hydrogens (tertiary/aromatic N) is 2. The van der Waals surface area contributed by atoms with E-state index < -0.39 is 0 Å². The van der Waals surface area contributed by atoms with Crippen molar-refractivity contribution in [3.63, 3.8) is 0 Å². The van der Waals surface area contributed by atoms with Gasteiger partial charge in [-0.25, -0.2) is 0 Å². The van der Waals surface area contributed by atoms with E-state index in [0.717, 1.165) is 28.6 Å². The van der Waals surface area contributed by atoms with Crippen LogP contribution in [0.25, 0.3) is 0 Å². The van der Waals surface area contributed by atoms with Gasteiger partial charge in [-0.05, 0) is 60.0 Å². The summed E-state index contributed by atoms with van der Waals surface area (Å²) in [5.74, 6) is 1.21. The number of carbonyl (C=O) groups excluding carboxylic acids is 1. The van der Waals surface area contributed by atoms with Crippen molar-refractivity contribution in [2.24, 2.45) is 0 Å². The second-order valence-corrected chi connectivity index (χ2v) is 6.72. The molecule has 2 aromatic rings. The monoisotopic (exact) mass is 384 g/mol. The van der Waals surface area contributed by atoms with Crippen LogP contribution in [-0.4, -0.2) is 11.9 Å². The second-order valence-electron chi connectivity index (χ2n) is 5.86. The zero-order valence-electron chi connectivity index (χ0n) is 13.5. The molecule has 0 aromatic heterocycles. The van der Waals surface area contributed by atoms with E-state index in [2.05, 4.69) is 28.9 Å². The number of amides is 1. The molecule has 2 aromatic carbocycles. The number of halogens is 1. The molecule has 1 aliphatic rings. The van der Waals surface area contributed by atoms with E-state index in [1.54, 1.807) is 25.1 Å². The van der Waals surface area contributed by atoms with Gasteiger partial charge in [-0.2, -0.15) is 5.26 Å². The summed E-state index contributed by atoms with van der Waals surface area (Å²) in [7, 11) is 0. The Kier molecular flexibility index (Phi) is 4.59. The third-order valence-corrected chi connectivity index (χ3v) is 4.88. The largest absolute Gasteiger partial charge is 0.454 e. The van der Waals surface area contributed by atoms with Gasteiger partial charge in [0.15, 0.2) is 0 Å². The van der Waals surface area contributed by atoms with Crippen LogP contribution in [0.15, 0.2) is 40.9 Å². The molecule has 4 nitrogen and oxygen atoms in total. The number of nitriles is 1. The summed E-state index contributed by atoms with van der Waals surface area (Å²) in [6, 6.07) is 13.3. The highest BCUT2D eigenvalue weighted by Gasteiger charge is 2.29. The Morgan fingerprint density at radius 1 is 1.33 bits per heavy atom. The summed E-state index contributed by atoms with van der Waals surface area (Å²) in [5, 5.41) is 9.26. The maximum absolute atomic E-state index is 12.1. The molecule has 1 atom stereocenters. The highest BCUT2D eigenvalue weighted by Crippen LogP contribution is 2.43. The summed E-state index contributed by atoms with van der Waals surface area (Å²) in [5.41, 5.74) is 2.36. The third kappa shape index (κ3) is 2.90. The topological polar surface area (TPSA) is 53.3 Å². The molecule has 24 heavy (non-hydrogen) atoms. The minimum Gasteiger partial charge on any atom is -0.454 e. The number of ether oxygens (including phenoxy) is 1. The molecule has 0 aliphatic carbocycles. The number of para-hydroxylation sites is 1. The highest BCUT2D eigenvalue weighted by atomic mass is 79.9. The number of anilines is 1. The van der Waals surface area contributed by atoms with Crippen molar-refractivity contribution in [1.82, 2.24) is 0 Å². The van der Waals surface area contributed by atoms with Gasteiger partial charge in [0.1, 0.15) is 17.6 Å². The molecule has 0 unspecified atom stereocenters. The minimum absolute atomic E-state index is 0.0224. The van der Waals surface area contributed by atoms with Gasteiger partial charge in [0.25, 0.3) is 0 Å². The van der Waals surface area contributed by atoms with Gasteiger partial charge in [-0.1, -0.05) is 12.1 Å². The molecular formula is C19H17BrN2O2. The van der Waals surface area contributed by atoms with Gasteiger partial charge in [0.2, 0.25) is 5.91 Å². The van der Waals surface area contributed by atoms with E-state index in [-0.39, 0.29) is 11.9 Å². The first-order valence-electron chi connectivity index (χ1n) is 7.81. The molecule has 1 amide bonds. The van der Waals surface area contributed by atoms with Crippen molar-refractivity contribution in [2.45, 2.75) is 32.7 Å². The van der Waals surface area contributed by atoms with Crippen LogP contribution >= 0.6 is 15.9 Å². The fourth-order valence-electron chi connectivity index (χ4n) is 3.12. The van der Waals surface area contributed by atoms with Crippen molar-refractivity contribution >= 4 is 27.5 Å². The van der Waals surface area contributed by atoms with E-state index in [9.17, 15) is 10.1 Å². The molecule has 0 bridgehead atoms. The van der Waals surface area contributed by atoms with Crippen LogP contribution in [0.5, 0.6) is 11.5 Å². The van der Waals surface area contributed by atoms with Crippen LogP contribution in [0.2, 0.25) is 0 Å². The summed E-state index contributed by atoms with van der Waals surface area (Å²) >= 11 is 3.54. The van der Waals surface area contributed by atoms with E-state index in [1.165, 1.54) is 0 Å². The van der Waals surface area contributed by atoms with Gasteiger partial charge in [0.05, 0.1) is 15.7 Å². The molecule has 0 spiro atoms. The summed E-state index contributed by atoms with van der Waals surface area (Å²) < 4.78 is 6.90. The molecule has 0 radical (unpaired) electrons. The quantitative estimate of drug-likeness (QED) is 0.746. The van der Waals surface area contributed by atoms with Gasteiger partial charge >= 0.3 is 0 Å². The number of hydrogen-bond acceptors (Lipinski definition) is 3. The molecule has 0 saturated carbocycles. The van der Waals surface area contributed by atoms with Gasteiger partial charge in [-0.3, -0.25) is 4.79 Å². The van der Waals surface area contributed by atoms with Gasteiger partial charge in [-0.15, -0.1) is 0 Å². The van der Waals surface area contributed by atoms with E-state index in [4.69, 9.17) is 4.74 Å². The molecule has 5 heteroatoms. The number of fused-ring (bicyclic) bond motifs is 1. The SMILES string of the molecule is CC(=O)N1c2ccc(Br)c(Oc3ccccc3C#N)c2CC[C@@H]1C. The maximum atomic E-state index is 12.1. The summed E-state index contributed by atoms with van der Waals surface area (Å²) in [4.78, 5) is 13.9. The number of carbonyl (C=O) groups is 1. The predicted molar refractivity (Wildman–Crippen MR) is 96.3 cm³/mol. The fraction of sp³-hybridized carbons (Fsp3) is 0.263. The molecule has 122 valence electrons. The van der Waals surface area contributed by atoms with Crippen molar-refractivity contribution in [2.75, 3.05) is 4.90 Å². The van der Waals surface area contributed by atoms with Crippen LogP contribution in [0.3, 0.4) is 0 Å². The van der Waals surface area contributed by atoms with Crippen molar-refractivity contribution in [3.8, 4) is 17.6 Å². The maximum Gasteiger partial charge on any atom is 0.224 e. The summed E-state index contributed by atoms with van der Waals surface area (Å²) in [6.07, 6.45) is 1.70. The minimum atomic E-state index is 0.0224. The Morgan fingerprint density at radius 3 is 2.79 bits per heavy atom. The Bertz CT molecular complexity index is 842. The lowest BCUT2D eigenvalue weighted by Crippen LogP contribution is -2.40. The number of rotatable bonds is 2. The van der Waals surface area contributed by atoms with E-state index in [0.29, 0.717) is 17.1 Å². The van der Waals surface area contributed by atoms with Crippen LogP contribution in [0.1, 0.15) is 31.4 Å². The Labute approximate surface area is 149 Å². The lowest BCUT2D eigenvalue weighted by atomic mass is 9.95. The van der Waals surface area contributed by atoms with Crippen molar-refractivity contribution < 1.29 is 9.53 Å². The Morgan fingerprint density at radius 2 is 2.08 bits per heavy atom. The van der Waals surface area contributed by atoms with Crippen LogP contribution in [-0.2, 0) is 11.2 Å². The van der Waals surface area contributed by atoms with Crippen LogP contribution in [0.4, 0.5) is 5.69 Å². The first kappa shape index (κ1) is 16.5. The molecule has 1 heterocycles. The smallest absolute Gasteiger partial charge is 0.224 e. The van der Waals surface area contributed by atoms with Crippen molar-refractivity contribution in [1.29, 1.82) is 5.26 Å². The lowest BCUT2D eigenvalue weighted by molar-refractivity contribution is -0.117. The zero-order valence-corrected chi connectivity index (χ0v) is 15.1. The standard InChI is InChI=1S/C19H17BrN2O2/c1-12-7-8-15-17(22(12)13(2)23)10-9-16(20)19(15)24-18-6-4-3-5-14(18)11-21/h3-6,9-10,12H,7-8H2,1-2H3/t12-/m0/s1. The summed E-state index contributed by atoms with van der Waals surface area (Å²) in [6.45, 7) is 3.64. The average Bonchev–Trinajstić information content (AvgIpc) is 2.57. The molecule has 0 saturated heterocycles. The first-order valence-corrected chi connectivity index (χ1v) is 8.60.